The summed E-state index contributed by atoms with van der Waals surface area (Å²) >= 11 is 0. The number of ether oxygens (including phenoxy) is 1. The molecule has 1 heterocycles. The van der Waals surface area contributed by atoms with Crippen LogP contribution in [0.1, 0.15) is 5.76 Å². The molecule has 0 radical (unpaired) electrons. The Morgan fingerprint density at radius 2 is 1.92 bits per heavy atom. The van der Waals surface area contributed by atoms with Crippen LogP contribution in [-0.4, -0.2) is 25.1 Å². The van der Waals surface area contributed by atoms with Gasteiger partial charge in [-0.1, -0.05) is 12.1 Å². The van der Waals surface area contributed by atoms with Gasteiger partial charge < -0.3 is 25.1 Å². The van der Waals surface area contributed by atoms with E-state index in [9.17, 15) is 18.4 Å². The van der Waals surface area contributed by atoms with Crippen LogP contribution in [0, 0.1) is 0 Å². The summed E-state index contributed by atoms with van der Waals surface area (Å²) in [6.45, 7) is -3.17. The number of urea groups is 1. The zero-order chi connectivity index (χ0) is 17.4. The Bertz CT molecular complexity index is 677. The van der Waals surface area contributed by atoms with E-state index in [1.165, 1.54) is 24.5 Å². The summed E-state index contributed by atoms with van der Waals surface area (Å²) in [5.74, 6) is -0.190. The normalized spacial score (nSPS) is 10.3. The number of anilines is 1. The summed E-state index contributed by atoms with van der Waals surface area (Å²) in [6.07, 6.45) is 1.47. The molecule has 0 saturated carbocycles. The predicted molar refractivity (Wildman–Crippen MR) is 80.7 cm³/mol. The molecule has 1 aromatic carbocycles. The first kappa shape index (κ1) is 17.3. The van der Waals surface area contributed by atoms with E-state index in [0.29, 0.717) is 5.76 Å². The molecule has 0 bridgehead atoms. The summed E-state index contributed by atoms with van der Waals surface area (Å²) in [4.78, 5) is 23.3. The minimum atomic E-state index is -3.01. The maximum Gasteiger partial charge on any atom is 0.387 e. The van der Waals surface area contributed by atoms with Gasteiger partial charge in [-0.3, -0.25) is 4.79 Å². The highest BCUT2D eigenvalue weighted by atomic mass is 19.3. The van der Waals surface area contributed by atoms with E-state index in [1.54, 1.807) is 18.2 Å². The first-order chi connectivity index (χ1) is 11.5. The fourth-order valence-corrected chi connectivity index (χ4v) is 1.77. The van der Waals surface area contributed by atoms with Crippen LogP contribution in [0.5, 0.6) is 5.75 Å². The molecule has 0 aliphatic rings. The van der Waals surface area contributed by atoms with Crippen LogP contribution in [0.2, 0.25) is 0 Å². The lowest BCUT2D eigenvalue weighted by molar-refractivity contribution is -0.115. The first-order valence-electron chi connectivity index (χ1n) is 6.92. The average Bonchev–Trinajstić information content (AvgIpc) is 3.06. The molecule has 0 fully saturated rings. The lowest BCUT2D eigenvalue weighted by atomic mass is 10.3. The number of amides is 3. The third-order valence-electron chi connectivity index (χ3n) is 2.79. The van der Waals surface area contributed by atoms with Crippen molar-refractivity contribution in [3.63, 3.8) is 0 Å². The minimum absolute atomic E-state index is 0.0839. The highest BCUT2D eigenvalue weighted by Gasteiger charge is 2.12. The number of carbonyl (C=O) groups is 2. The molecule has 1 aromatic heterocycles. The van der Waals surface area contributed by atoms with Crippen LogP contribution in [0.3, 0.4) is 0 Å². The molecule has 3 amide bonds. The molecular weight excluding hydrogens is 324 g/mol. The molecule has 24 heavy (non-hydrogen) atoms. The standard InChI is InChI=1S/C15H15F2N3O4/c16-14(17)24-12-6-2-1-5-11(12)20-13(21)9-19-15(22)18-8-10-4-3-7-23-10/h1-7,14H,8-9H2,(H,20,21)(H2,18,19,22). The van der Waals surface area contributed by atoms with Crippen molar-refractivity contribution in [2.75, 3.05) is 11.9 Å². The van der Waals surface area contributed by atoms with Crippen LogP contribution in [0.25, 0.3) is 0 Å². The van der Waals surface area contributed by atoms with Gasteiger partial charge in [-0.2, -0.15) is 8.78 Å². The van der Waals surface area contributed by atoms with E-state index < -0.39 is 18.5 Å². The van der Waals surface area contributed by atoms with Gasteiger partial charge in [-0.15, -0.1) is 0 Å². The van der Waals surface area contributed by atoms with Crippen LogP contribution >= 0.6 is 0 Å². The van der Waals surface area contributed by atoms with Gasteiger partial charge in [0.2, 0.25) is 5.91 Å². The highest BCUT2D eigenvalue weighted by molar-refractivity contribution is 5.95. The van der Waals surface area contributed by atoms with E-state index in [2.05, 4.69) is 20.7 Å². The summed E-state index contributed by atoms with van der Waals surface area (Å²) < 4.78 is 33.9. The minimum Gasteiger partial charge on any atom is -0.467 e. The van der Waals surface area contributed by atoms with Crippen molar-refractivity contribution in [1.82, 2.24) is 10.6 Å². The molecule has 128 valence electrons. The van der Waals surface area contributed by atoms with Gasteiger partial charge in [0.05, 0.1) is 25.0 Å². The third kappa shape index (κ3) is 5.59. The van der Waals surface area contributed by atoms with E-state index in [0.717, 1.165) is 0 Å². The number of hydrogen-bond acceptors (Lipinski definition) is 4. The van der Waals surface area contributed by atoms with E-state index in [4.69, 9.17) is 4.42 Å². The Labute approximate surface area is 136 Å². The van der Waals surface area contributed by atoms with Crippen molar-refractivity contribution >= 4 is 17.6 Å². The zero-order valence-corrected chi connectivity index (χ0v) is 12.4. The van der Waals surface area contributed by atoms with E-state index in [1.807, 2.05) is 0 Å². The van der Waals surface area contributed by atoms with Gasteiger partial charge in [0.25, 0.3) is 0 Å². The third-order valence-corrected chi connectivity index (χ3v) is 2.79. The Balaban J connectivity index is 1.78. The summed E-state index contributed by atoms with van der Waals surface area (Å²) in [5.41, 5.74) is 0.0839. The van der Waals surface area contributed by atoms with Gasteiger partial charge in [0.15, 0.2) is 0 Å². The highest BCUT2D eigenvalue weighted by Crippen LogP contribution is 2.25. The zero-order valence-electron chi connectivity index (χ0n) is 12.4. The van der Waals surface area contributed by atoms with Crippen molar-refractivity contribution in [2.45, 2.75) is 13.2 Å². The number of para-hydroxylation sites is 2. The molecule has 2 rings (SSSR count). The number of halogens is 2. The summed E-state index contributed by atoms with van der Waals surface area (Å²) in [6, 6.07) is 8.55. The Morgan fingerprint density at radius 1 is 1.12 bits per heavy atom. The van der Waals surface area contributed by atoms with Crippen LogP contribution in [0.4, 0.5) is 19.3 Å². The largest absolute Gasteiger partial charge is 0.467 e. The smallest absolute Gasteiger partial charge is 0.387 e. The molecule has 7 nitrogen and oxygen atoms in total. The van der Waals surface area contributed by atoms with E-state index >= 15 is 0 Å². The van der Waals surface area contributed by atoms with Gasteiger partial charge in [0, 0.05) is 0 Å². The lowest BCUT2D eigenvalue weighted by Gasteiger charge is -2.12. The molecule has 0 atom stereocenters. The lowest BCUT2D eigenvalue weighted by Crippen LogP contribution is -2.39. The molecule has 0 aliphatic carbocycles. The Morgan fingerprint density at radius 3 is 2.62 bits per heavy atom. The van der Waals surface area contributed by atoms with E-state index in [-0.39, 0.29) is 24.5 Å². The van der Waals surface area contributed by atoms with Crippen molar-refractivity contribution in [2.24, 2.45) is 0 Å². The molecular formula is C15H15F2N3O4. The maximum atomic E-state index is 12.3. The van der Waals surface area contributed by atoms with Gasteiger partial charge in [0.1, 0.15) is 11.5 Å². The maximum absolute atomic E-state index is 12.3. The van der Waals surface area contributed by atoms with Crippen molar-refractivity contribution < 1.29 is 27.5 Å². The summed E-state index contributed by atoms with van der Waals surface area (Å²) in [7, 11) is 0. The fourth-order valence-electron chi connectivity index (χ4n) is 1.77. The van der Waals surface area contributed by atoms with Crippen molar-refractivity contribution in [1.29, 1.82) is 0 Å². The molecule has 0 unspecified atom stereocenters. The van der Waals surface area contributed by atoms with Crippen LogP contribution in [-0.2, 0) is 11.3 Å². The molecule has 3 N–H and O–H groups in total. The van der Waals surface area contributed by atoms with Crippen LogP contribution in [0.15, 0.2) is 47.1 Å². The second-order valence-electron chi connectivity index (χ2n) is 4.54. The second kappa shape index (κ2) is 8.51. The molecule has 0 spiro atoms. The molecule has 0 aliphatic heterocycles. The number of furan rings is 1. The summed E-state index contributed by atoms with van der Waals surface area (Å²) in [5, 5.41) is 7.21. The number of nitrogens with one attached hydrogen (secondary N) is 3. The number of benzene rings is 1. The molecule has 2 aromatic rings. The van der Waals surface area contributed by atoms with Crippen molar-refractivity contribution in [3.05, 3.63) is 48.4 Å². The van der Waals surface area contributed by atoms with Gasteiger partial charge in [-0.05, 0) is 24.3 Å². The SMILES string of the molecule is O=C(CNC(=O)NCc1ccco1)Nc1ccccc1OC(F)F. The Kier molecular flexibility index (Phi) is 6.12. The average molecular weight is 339 g/mol. The van der Waals surface area contributed by atoms with Crippen LogP contribution < -0.4 is 20.7 Å². The number of hydrogen-bond donors (Lipinski definition) is 3. The topological polar surface area (TPSA) is 92.6 Å². The molecule has 9 heteroatoms. The predicted octanol–water partition coefficient (Wildman–Crippen LogP) is 2.32. The second-order valence-corrected chi connectivity index (χ2v) is 4.54. The number of rotatable bonds is 7. The Hall–Kier alpha value is -3.10. The molecule has 0 saturated heterocycles. The fraction of sp³-hybridized carbons (Fsp3) is 0.200. The number of carbonyl (C=O) groups excluding carboxylic acids is 2. The van der Waals surface area contributed by atoms with Crippen molar-refractivity contribution in [3.8, 4) is 5.75 Å². The monoisotopic (exact) mass is 339 g/mol. The number of alkyl halides is 2. The van der Waals surface area contributed by atoms with Gasteiger partial charge >= 0.3 is 12.6 Å². The first-order valence-corrected chi connectivity index (χ1v) is 6.92. The van der Waals surface area contributed by atoms with Gasteiger partial charge in [-0.25, -0.2) is 4.79 Å². The quantitative estimate of drug-likeness (QED) is 0.722.